The molecule has 0 fully saturated rings. The summed E-state index contributed by atoms with van der Waals surface area (Å²) in [6.07, 6.45) is 3.28. The lowest BCUT2D eigenvalue weighted by atomic mass is 10.1. The van der Waals surface area contributed by atoms with Crippen molar-refractivity contribution in [2.45, 2.75) is 6.04 Å². The van der Waals surface area contributed by atoms with E-state index in [1.165, 1.54) is 5.56 Å². The van der Waals surface area contributed by atoms with Crippen molar-refractivity contribution in [3.63, 3.8) is 0 Å². The van der Waals surface area contributed by atoms with E-state index in [0.717, 1.165) is 0 Å². The lowest BCUT2D eigenvalue weighted by Crippen LogP contribution is -2.34. The van der Waals surface area contributed by atoms with E-state index in [-0.39, 0.29) is 11.9 Å². The summed E-state index contributed by atoms with van der Waals surface area (Å²) >= 11 is 0. The van der Waals surface area contributed by atoms with Crippen LogP contribution in [-0.4, -0.2) is 41.2 Å². The minimum atomic E-state index is -0.0964. The molecule has 106 valence electrons. The Morgan fingerprint density at radius 1 is 1.35 bits per heavy atom. The van der Waals surface area contributed by atoms with Crippen LogP contribution in [0.3, 0.4) is 0 Å². The van der Waals surface area contributed by atoms with Gasteiger partial charge >= 0.3 is 0 Å². The van der Waals surface area contributed by atoms with Crippen molar-refractivity contribution in [2.75, 3.05) is 20.6 Å². The fourth-order valence-electron chi connectivity index (χ4n) is 2.10. The third-order valence-electron chi connectivity index (χ3n) is 3.23. The normalized spacial score (nSPS) is 12.4. The smallest absolute Gasteiger partial charge is 0.254 e. The van der Waals surface area contributed by atoms with Crippen LogP contribution in [0.2, 0.25) is 0 Å². The molecule has 1 aromatic heterocycles. The minimum absolute atomic E-state index is 0.0964. The number of carbonyl (C=O) groups excluding carboxylic acids is 1. The molecular weight excluding hydrogens is 252 g/mol. The first-order valence-corrected chi connectivity index (χ1v) is 6.56. The van der Waals surface area contributed by atoms with Crippen LogP contribution in [0, 0.1) is 0 Å². The summed E-state index contributed by atoms with van der Waals surface area (Å²) in [5.41, 5.74) is 1.77. The maximum atomic E-state index is 12.0. The van der Waals surface area contributed by atoms with Crippen LogP contribution < -0.4 is 5.32 Å². The molecule has 0 spiro atoms. The van der Waals surface area contributed by atoms with E-state index in [2.05, 4.69) is 27.4 Å². The van der Waals surface area contributed by atoms with Crippen LogP contribution in [0.1, 0.15) is 22.0 Å². The summed E-state index contributed by atoms with van der Waals surface area (Å²) in [6.45, 7) is 0.560. The molecule has 1 heterocycles. The van der Waals surface area contributed by atoms with Crippen molar-refractivity contribution in [3.05, 3.63) is 53.9 Å². The van der Waals surface area contributed by atoms with Gasteiger partial charge in [0.05, 0.1) is 17.8 Å². The summed E-state index contributed by atoms with van der Waals surface area (Å²) in [7, 11) is 5.81. The van der Waals surface area contributed by atoms with Crippen LogP contribution in [0.5, 0.6) is 0 Å². The Kier molecular flexibility index (Phi) is 4.53. The molecule has 0 aliphatic carbocycles. The first kappa shape index (κ1) is 14.3. The first-order chi connectivity index (χ1) is 9.58. The van der Waals surface area contributed by atoms with E-state index in [0.29, 0.717) is 12.1 Å². The van der Waals surface area contributed by atoms with E-state index in [9.17, 15) is 4.79 Å². The molecule has 0 aliphatic heterocycles. The molecule has 20 heavy (non-hydrogen) atoms. The minimum Gasteiger partial charge on any atom is -0.350 e. The number of likely N-dealkylation sites (N-methyl/N-ethyl adjacent to an activating group) is 1. The monoisotopic (exact) mass is 272 g/mol. The molecule has 0 aliphatic rings. The highest BCUT2D eigenvalue weighted by molar-refractivity contribution is 5.93. The van der Waals surface area contributed by atoms with Crippen LogP contribution in [0.4, 0.5) is 0 Å². The number of benzene rings is 1. The van der Waals surface area contributed by atoms with Gasteiger partial charge in [-0.3, -0.25) is 9.48 Å². The average Bonchev–Trinajstić information content (AvgIpc) is 2.86. The maximum absolute atomic E-state index is 12.0. The van der Waals surface area contributed by atoms with Gasteiger partial charge in [-0.2, -0.15) is 5.10 Å². The molecule has 1 unspecified atom stereocenters. The Morgan fingerprint density at radius 2 is 2.05 bits per heavy atom. The van der Waals surface area contributed by atoms with Crippen molar-refractivity contribution in [1.82, 2.24) is 20.0 Å². The highest BCUT2D eigenvalue weighted by Crippen LogP contribution is 2.16. The Balaban J connectivity index is 2.01. The third-order valence-corrected chi connectivity index (χ3v) is 3.23. The molecular formula is C15H20N4O. The van der Waals surface area contributed by atoms with Gasteiger partial charge in [-0.15, -0.1) is 0 Å². The predicted octanol–water partition coefficient (Wildman–Crippen LogP) is 1.45. The van der Waals surface area contributed by atoms with Crippen LogP contribution in [-0.2, 0) is 7.05 Å². The fourth-order valence-corrected chi connectivity index (χ4v) is 2.10. The van der Waals surface area contributed by atoms with Gasteiger partial charge in [0.1, 0.15) is 0 Å². The van der Waals surface area contributed by atoms with Gasteiger partial charge < -0.3 is 10.2 Å². The lowest BCUT2D eigenvalue weighted by molar-refractivity contribution is 0.0942. The lowest BCUT2D eigenvalue weighted by Gasteiger charge is -2.25. The number of aryl methyl sites for hydroxylation is 1. The second kappa shape index (κ2) is 6.34. The summed E-state index contributed by atoms with van der Waals surface area (Å²) in [5, 5.41) is 6.96. The molecule has 5 nitrogen and oxygen atoms in total. The van der Waals surface area contributed by atoms with Crippen molar-refractivity contribution < 1.29 is 4.79 Å². The Hall–Kier alpha value is -2.14. The van der Waals surface area contributed by atoms with Crippen LogP contribution >= 0.6 is 0 Å². The Bertz CT molecular complexity index is 562. The maximum Gasteiger partial charge on any atom is 0.254 e. The zero-order valence-electron chi connectivity index (χ0n) is 12.1. The largest absolute Gasteiger partial charge is 0.350 e. The van der Waals surface area contributed by atoms with Gasteiger partial charge in [-0.1, -0.05) is 30.3 Å². The summed E-state index contributed by atoms with van der Waals surface area (Å²) < 4.78 is 1.62. The number of nitrogens with one attached hydrogen (secondary N) is 1. The number of rotatable bonds is 5. The van der Waals surface area contributed by atoms with Crippen molar-refractivity contribution >= 4 is 5.91 Å². The number of amides is 1. The molecule has 1 atom stereocenters. The second-order valence-electron chi connectivity index (χ2n) is 5.00. The summed E-state index contributed by atoms with van der Waals surface area (Å²) in [5.74, 6) is -0.0964. The van der Waals surface area contributed by atoms with Gasteiger partial charge in [0.25, 0.3) is 5.91 Å². The van der Waals surface area contributed by atoms with Crippen molar-refractivity contribution in [3.8, 4) is 0 Å². The van der Waals surface area contributed by atoms with E-state index >= 15 is 0 Å². The SMILES string of the molecule is CN(C)C(CNC(=O)c1cnn(C)c1)c1ccccc1. The molecule has 0 saturated heterocycles. The van der Waals surface area contributed by atoms with Gasteiger partial charge in [-0.05, 0) is 19.7 Å². The van der Waals surface area contributed by atoms with E-state index < -0.39 is 0 Å². The van der Waals surface area contributed by atoms with Gasteiger partial charge in [-0.25, -0.2) is 0 Å². The van der Waals surface area contributed by atoms with Gasteiger partial charge in [0, 0.05) is 19.8 Å². The fraction of sp³-hybridized carbons (Fsp3) is 0.333. The highest BCUT2D eigenvalue weighted by atomic mass is 16.1. The number of aromatic nitrogens is 2. The second-order valence-corrected chi connectivity index (χ2v) is 5.00. The average molecular weight is 272 g/mol. The molecule has 0 bridgehead atoms. The molecule has 1 aromatic carbocycles. The summed E-state index contributed by atoms with van der Waals surface area (Å²) in [6, 6.07) is 10.3. The quantitative estimate of drug-likeness (QED) is 0.896. The molecule has 2 rings (SSSR count). The third kappa shape index (κ3) is 3.45. The molecule has 0 radical (unpaired) electrons. The van der Waals surface area contributed by atoms with E-state index in [4.69, 9.17) is 0 Å². The van der Waals surface area contributed by atoms with Gasteiger partial charge in [0.2, 0.25) is 0 Å². The zero-order valence-corrected chi connectivity index (χ0v) is 12.1. The number of nitrogens with zero attached hydrogens (tertiary/aromatic N) is 3. The van der Waals surface area contributed by atoms with Crippen molar-refractivity contribution in [2.24, 2.45) is 7.05 Å². The standard InChI is InChI=1S/C15H20N4O/c1-18(2)14(12-7-5-4-6-8-12)10-16-15(20)13-9-17-19(3)11-13/h4-9,11,14H,10H2,1-3H3,(H,16,20). The number of carbonyl (C=O) groups is 1. The first-order valence-electron chi connectivity index (χ1n) is 6.56. The van der Waals surface area contributed by atoms with Gasteiger partial charge in [0.15, 0.2) is 0 Å². The van der Waals surface area contributed by atoms with Crippen LogP contribution in [0.15, 0.2) is 42.7 Å². The van der Waals surface area contributed by atoms with E-state index in [1.54, 1.807) is 24.1 Å². The van der Waals surface area contributed by atoms with E-state index in [1.807, 2.05) is 32.3 Å². The Labute approximate surface area is 119 Å². The predicted molar refractivity (Wildman–Crippen MR) is 78.4 cm³/mol. The molecule has 1 N–H and O–H groups in total. The molecule has 0 saturated carbocycles. The molecule has 2 aromatic rings. The van der Waals surface area contributed by atoms with Crippen molar-refractivity contribution in [1.29, 1.82) is 0 Å². The molecule has 1 amide bonds. The zero-order chi connectivity index (χ0) is 14.5. The summed E-state index contributed by atoms with van der Waals surface area (Å²) in [4.78, 5) is 14.1. The number of hydrogen-bond acceptors (Lipinski definition) is 3. The van der Waals surface area contributed by atoms with Crippen LogP contribution in [0.25, 0.3) is 0 Å². The highest BCUT2D eigenvalue weighted by Gasteiger charge is 2.16. The number of hydrogen-bond donors (Lipinski definition) is 1. The Morgan fingerprint density at radius 3 is 2.60 bits per heavy atom. The topological polar surface area (TPSA) is 50.2 Å². The molecule has 5 heteroatoms.